The fraction of sp³-hybridized carbons (Fsp3) is 0.179. The summed E-state index contributed by atoms with van der Waals surface area (Å²) in [6, 6.07) is 3.34. The highest BCUT2D eigenvalue weighted by Crippen LogP contribution is 2.58. The molecule has 0 aliphatic heterocycles. The number of carbonyl (C=O) groups excluding carboxylic acids is 4. The molecule has 42 heavy (non-hydrogen) atoms. The lowest BCUT2D eigenvalue weighted by molar-refractivity contribution is 0.0790. The number of rotatable bonds is 4. The van der Waals surface area contributed by atoms with Crippen molar-refractivity contribution in [3.8, 4) is 23.3 Å². The Morgan fingerprint density at radius 2 is 1.76 bits per heavy atom. The van der Waals surface area contributed by atoms with E-state index in [-0.39, 0.29) is 41.4 Å². The Kier molecular flexibility index (Phi) is 5.84. The molecule has 2 aromatic carbocycles. The van der Waals surface area contributed by atoms with E-state index in [9.17, 15) is 39.3 Å². The van der Waals surface area contributed by atoms with E-state index >= 15 is 0 Å². The Bertz CT molecular complexity index is 2040. The Hall–Kier alpha value is -5.29. The van der Waals surface area contributed by atoms with Crippen molar-refractivity contribution in [2.45, 2.75) is 18.3 Å². The molecule has 1 aromatic heterocycles. The minimum absolute atomic E-state index is 0.0688. The molecule has 3 aromatic rings. The van der Waals surface area contributed by atoms with Crippen molar-refractivity contribution in [3.63, 3.8) is 0 Å². The number of halogens is 1. The number of ketones is 4. The zero-order valence-electron chi connectivity index (χ0n) is 21.4. The van der Waals surface area contributed by atoms with Crippen LogP contribution in [0.4, 0.5) is 0 Å². The molecule has 3 aliphatic carbocycles. The predicted octanol–water partition coefficient (Wildman–Crippen LogP) is 2.03. The van der Waals surface area contributed by atoms with Crippen molar-refractivity contribution >= 4 is 56.0 Å². The summed E-state index contributed by atoms with van der Waals surface area (Å²) in [5, 5.41) is 46.2. The van der Waals surface area contributed by atoms with Gasteiger partial charge in [0.05, 0.1) is 52.7 Å². The van der Waals surface area contributed by atoms with Crippen LogP contribution in [0.15, 0.2) is 32.3 Å². The monoisotopic (exact) mass is 632 g/mol. The lowest BCUT2D eigenvalue weighted by Gasteiger charge is -2.23. The lowest BCUT2D eigenvalue weighted by Crippen LogP contribution is -2.36. The van der Waals surface area contributed by atoms with Gasteiger partial charge in [-0.1, -0.05) is 0 Å². The average Bonchev–Trinajstić information content (AvgIpc) is 3.47. The number of fused-ring (bicyclic) bond motifs is 5. The molecule has 13 nitrogen and oxygen atoms in total. The van der Waals surface area contributed by atoms with Gasteiger partial charge in [0.2, 0.25) is 5.78 Å². The third kappa shape index (κ3) is 3.22. The topological polar surface area (TPSA) is 219 Å². The standard InChI is InChI=1S/C28H17BrN4O9/c1-42-13-7-12(34)15-16(21(13)35)23(37)18-17(22(15)36)25(39)28(26(18)40)3-2-10-19(28)24(38)14-11(20(10)29)6-9(33-27(14)41)8-32-31-5-4-30/h6-8,31,36-38H,2-3,5H2,1H3,(H,33,41)/t28-/m0/s1. The quantitative estimate of drug-likeness (QED) is 0.0699. The van der Waals surface area contributed by atoms with Crippen molar-refractivity contribution in [3.05, 3.63) is 71.8 Å². The van der Waals surface area contributed by atoms with Gasteiger partial charge in [-0.05, 0) is 40.4 Å². The highest BCUT2D eigenvalue weighted by Gasteiger charge is 2.62. The van der Waals surface area contributed by atoms with Crippen molar-refractivity contribution < 1.29 is 39.2 Å². The number of Topliss-reactive ketones (excluding diaryl/α,β-unsaturated/α-hetero) is 3. The van der Waals surface area contributed by atoms with Gasteiger partial charge >= 0.3 is 0 Å². The molecule has 0 bridgehead atoms. The van der Waals surface area contributed by atoms with Crippen molar-refractivity contribution in [1.29, 1.82) is 5.26 Å². The van der Waals surface area contributed by atoms with Gasteiger partial charge in [0.15, 0.2) is 23.1 Å². The summed E-state index contributed by atoms with van der Waals surface area (Å²) in [7, 11) is 1.12. The van der Waals surface area contributed by atoms with Gasteiger partial charge in [0.25, 0.3) is 5.56 Å². The molecule has 1 atom stereocenters. The Balaban J connectivity index is 1.59. The summed E-state index contributed by atoms with van der Waals surface area (Å²) >= 11 is 3.45. The number of ether oxygens (including phenoxy) is 1. The van der Waals surface area contributed by atoms with E-state index in [1.807, 2.05) is 6.07 Å². The molecule has 6 rings (SSSR count). The van der Waals surface area contributed by atoms with Crippen LogP contribution in [0.1, 0.15) is 64.7 Å². The number of nitrogens with one attached hydrogen (secondary N) is 2. The summed E-state index contributed by atoms with van der Waals surface area (Å²) in [5.41, 5.74) is -2.72. The van der Waals surface area contributed by atoms with Crippen LogP contribution in [0.2, 0.25) is 0 Å². The van der Waals surface area contributed by atoms with Gasteiger partial charge in [0, 0.05) is 21.5 Å². The third-order valence-corrected chi connectivity index (χ3v) is 8.72. The molecule has 210 valence electrons. The first-order valence-electron chi connectivity index (χ1n) is 12.3. The Morgan fingerprint density at radius 1 is 1.10 bits per heavy atom. The van der Waals surface area contributed by atoms with Gasteiger partial charge in [0.1, 0.15) is 29.2 Å². The first kappa shape index (κ1) is 26.9. The number of nitrogens with zero attached hydrogens (tertiary/aromatic N) is 2. The highest BCUT2D eigenvalue weighted by atomic mass is 79.9. The molecule has 1 heterocycles. The molecular formula is C28H17BrN4O9. The van der Waals surface area contributed by atoms with Gasteiger partial charge in [-0.3, -0.25) is 29.4 Å². The third-order valence-electron chi connectivity index (χ3n) is 7.82. The highest BCUT2D eigenvalue weighted by molar-refractivity contribution is 9.10. The Morgan fingerprint density at radius 3 is 2.40 bits per heavy atom. The zero-order chi connectivity index (χ0) is 30.2. The number of aromatic hydroxyl groups is 3. The van der Waals surface area contributed by atoms with Crippen LogP contribution in [-0.2, 0) is 16.6 Å². The predicted molar refractivity (Wildman–Crippen MR) is 147 cm³/mol. The molecule has 0 saturated heterocycles. The number of methoxy groups -OCH3 is 1. The normalized spacial score (nSPS) is 18.8. The van der Waals surface area contributed by atoms with E-state index in [2.05, 4.69) is 31.4 Å². The maximum absolute atomic E-state index is 14.1. The number of H-pyrrole nitrogens is 1. The minimum atomic E-state index is -2.16. The molecule has 14 heteroatoms. The first-order chi connectivity index (χ1) is 20.0. The van der Waals surface area contributed by atoms with Gasteiger partial charge in [-0.25, -0.2) is 0 Å². The molecule has 1 spiro atoms. The fourth-order valence-electron chi connectivity index (χ4n) is 6.07. The maximum atomic E-state index is 14.1. The summed E-state index contributed by atoms with van der Waals surface area (Å²) in [6.45, 7) is -0.0701. The summed E-state index contributed by atoms with van der Waals surface area (Å²) < 4.78 is 5.22. The van der Waals surface area contributed by atoms with E-state index in [0.717, 1.165) is 13.2 Å². The zero-order valence-corrected chi connectivity index (χ0v) is 23.0. The smallest absolute Gasteiger partial charge is 0.260 e. The second-order valence-corrected chi connectivity index (χ2v) is 10.6. The molecule has 0 fully saturated rings. The number of hydrogen-bond acceptors (Lipinski definition) is 12. The minimum Gasteiger partial charge on any atom is -0.507 e. The van der Waals surface area contributed by atoms with Crippen molar-refractivity contribution in [2.24, 2.45) is 5.10 Å². The van der Waals surface area contributed by atoms with Crippen LogP contribution in [-0.4, -0.2) is 63.3 Å². The number of hydrazone groups is 1. The summed E-state index contributed by atoms with van der Waals surface area (Å²) in [4.78, 5) is 69.6. The van der Waals surface area contributed by atoms with Crippen molar-refractivity contribution in [2.75, 3.05) is 13.7 Å². The molecule has 5 N–H and O–H groups in total. The number of aromatic amines is 1. The summed E-state index contributed by atoms with van der Waals surface area (Å²) in [6.07, 6.45) is 1.93. The average molecular weight is 633 g/mol. The molecule has 0 unspecified atom stereocenters. The van der Waals surface area contributed by atoms with E-state index in [4.69, 9.17) is 10.00 Å². The number of carbonyl (C=O) groups is 4. The number of phenols is 3. The van der Waals surface area contributed by atoms with Crippen LogP contribution in [0.25, 0.3) is 10.8 Å². The molecule has 0 radical (unpaired) electrons. The van der Waals surface area contributed by atoms with Crippen LogP contribution >= 0.6 is 15.9 Å². The van der Waals surface area contributed by atoms with Crippen LogP contribution < -0.4 is 11.0 Å². The fourth-order valence-corrected chi connectivity index (χ4v) is 6.78. The van der Waals surface area contributed by atoms with Crippen LogP contribution in [0.3, 0.4) is 0 Å². The van der Waals surface area contributed by atoms with E-state index in [0.29, 0.717) is 10.0 Å². The first-order valence-corrected chi connectivity index (χ1v) is 13.1. The number of aromatic nitrogens is 1. The van der Waals surface area contributed by atoms with Crippen LogP contribution in [0.5, 0.6) is 17.2 Å². The Labute approximate surface area is 242 Å². The van der Waals surface area contributed by atoms with Gasteiger partial charge in [-0.2, -0.15) is 10.4 Å². The van der Waals surface area contributed by atoms with Crippen molar-refractivity contribution in [1.82, 2.24) is 10.4 Å². The molecule has 0 saturated carbocycles. The number of hydrogen-bond donors (Lipinski definition) is 5. The second kappa shape index (κ2) is 9.11. The number of nitriles is 1. The van der Waals surface area contributed by atoms with Gasteiger partial charge in [-0.15, -0.1) is 0 Å². The number of allylic oxidation sites excluding steroid dienone is 2. The number of benzene rings is 2. The lowest BCUT2D eigenvalue weighted by atomic mass is 9.76. The van der Waals surface area contributed by atoms with E-state index in [1.165, 1.54) is 12.3 Å². The summed E-state index contributed by atoms with van der Waals surface area (Å²) in [5.74, 6) is -6.89. The maximum Gasteiger partial charge on any atom is 0.260 e. The molecule has 3 aliphatic rings. The SMILES string of the molecule is COC1=CC(=O)c2c(O)c3c(c(O)c2C1=O)C(=O)[C@]1(CCc2c1c(O)c1c(=O)[nH]c(C=NNCC#N)cc1c2Br)C3=O. The van der Waals surface area contributed by atoms with Crippen LogP contribution in [0, 0.1) is 11.3 Å². The van der Waals surface area contributed by atoms with Gasteiger partial charge < -0.3 is 25.0 Å². The molecular weight excluding hydrogens is 616 g/mol. The molecule has 0 amide bonds. The second-order valence-electron chi connectivity index (χ2n) is 9.78. The largest absolute Gasteiger partial charge is 0.507 e. The number of phenolic OH excluding ortho intramolecular Hbond substituents is 3. The van der Waals surface area contributed by atoms with E-state index < -0.39 is 79.4 Å². The van der Waals surface area contributed by atoms with E-state index in [1.54, 1.807) is 0 Å². The number of pyridine rings is 1.